The molecule has 1 N–H and O–H groups in total. The van der Waals surface area contributed by atoms with E-state index in [9.17, 15) is 9.90 Å². The second kappa shape index (κ2) is 7.25. The maximum absolute atomic E-state index is 13.3. The number of hydrogen-bond acceptors (Lipinski definition) is 7. The van der Waals surface area contributed by atoms with Gasteiger partial charge < -0.3 is 28.6 Å². The second-order valence-electron chi connectivity index (χ2n) is 7.74. The summed E-state index contributed by atoms with van der Waals surface area (Å²) in [5.74, 6) is 1.78. The summed E-state index contributed by atoms with van der Waals surface area (Å²) in [6.45, 7) is 3.53. The highest BCUT2D eigenvalue weighted by atomic mass is 16.7. The van der Waals surface area contributed by atoms with Crippen LogP contribution in [0.3, 0.4) is 0 Å². The fraction of sp³-hybridized carbons (Fsp3) is 0.348. The third kappa shape index (κ3) is 3.06. The molecule has 0 amide bonds. The molecule has 0 saturated carbocycles. The predicted octanol–water partition coefficient (Wildman–Crippen LogP) is 3.47. The van der Waals surface area contributed by atoms with Crippen molar-refractivity contribution in [2.75, 3.05) is 31.9 Å². The van der Waals surface area contributed by atoms with E-state index in [-0.39, 0.29) is 24.1 Å². The molecule has 5 rings (SSSR count). The van der Waals surface area contributed by atoms with Crippen LogP contribution in [0.5, 0.6) is 17.2 Å². The average molecular weight is 409 g/mol. The van der Waals surface area contributed by atoms with Crippen molar-refractivity contribution in [3.05, 3.63) is 46.1 Å². The molecular formula is C23H23NO6. The molecule has 0 spiro atoms. The van der Waals surface area contributed by atoms with Gasteiger partial charge in [0.05, 0.1) is 24.3 Å². The number of anilines is 1. The van der Waals surface area contributed by atoms with Crippen LogP contribution in [0, 0.1) is 6.92 Å². The molecule has 3 aromatic rings. The van der Waals surface area contributed by atoms with Gasteiger partial charge >= 0.3 is 0 Å². The number of piperidine rings is 1. The molecule has 7 nitrogen and oxygen atoms in total. The SMILES string of the molecule is COc1c(-c2ccc3c(c2)OCO3)oc2c(N3CCC(O)CC3)cc(C)cc2c1=O. The monoisotopic (exact) mass is 409 g/mol. The number of aliphatic hydroxyl groups excluding tert-OH is 1. The van der Waals surface area contributed by atoms with Gasteiger partial charge in [-0.25, -0.2) is 0 Å². The number of aliphatic hydroxyl groups is 1. The molecule has 156 valence electrons. The zero-order chi connectivity index (χ0) is 20.8. The molecule has 0 unspecified atom stereocenters. The van der Waals surface area contributed by atoms with Gasteiger partial charge in [-0.05, 0) is 55.7 Å². The van der Waals surface area contributed by atoms with E-state index in [0.29, 0.717) is 59.7 Å². The molecule has 0 bridgehead atoms. The van der Waals surface area contributed by atoms with Crippen LogP contribution in [0.1, 0.15) is 18.4 Å². The van der Waals surface area contributed by atoms with Gasteiger partial charge in [0.1, 0.15) is 0 Å². The minimum atomic E-state index is -0.284. The number of rotatable bonds is 3. The van der Waals surface area contributed by atoms with Crippen molar-refractivity contribution in [2.45, 2.75) is 25.9 Å². The molecular weight excluding hydrogens is 386 g/mol. The average Bonchev–Trinajstić information content (AvgIpc) is 3.22. The second-order valence-corrected chi connectivity index (χ2v) is 7.74. The lowest BCUT2D eigenvalue weighted by Crippen LogP contribution is -2.36. The van der Waals surface area contributed by atoms with Crippen LogP contribution in [0.4, 0.5) is 5.69 Å². The van der Waals surface area contributed by atoms with Crippen molar-refractivity contribution >= 4 is 16.7 Å². The lowest BCUT2D eigenvalue weighted by Gasteiger charge is -2.32. The van der Waals surface area contributed by atoms with E-state index in [4.69, 9.17) is 18.6 Å². The Morgan fingerprint density at radius 3 is 2.63 bits per heavy atom. The van der Waals surface area contributed by atoms with Crippen LogP contribution >= 0.6 is 0 Å². The third-order valence-corrected chi connectivity index (χ3v) is 5.72. The quantitative estimate of drug-likeness (QED) is 0.709. The van der Waals surface area contributed by atoms with E-state index >= 15 is 0 Å². The first-order valence-electron chi connectivity index (χ1n) is 10.0. The maximum Gasteiger partial charge on any atom is 0.235 e. The molecule has 0 aliphatic carbocycles. The summed E-state index contributed by atoms with van der Waals surface area (Å²) >= 11 is 0. The Hall–Kier alpha value is -3.19. The lowest BCUT2D eigenvalue weighted by atomic mass is 10.0. The van der Waals surface area contributed by atoms with Crippen molar-refractivity contribution in [1.29, 1.82) is 0 Å². The van der Waals surface area contributed by atoms with Gasteiger partial charge in [-0.2, -0.15) is 0 Å². The number of nitrogens with zero attached hydrogens (tertiary/aromatic N) is 1. The van der Waals surface area contributed by atoms with Gasteiger partial charge in [-0.15, -0.1) is 0 Å². The fourth-order valence-corrected chi connectivity index (χ4v) is 4.16. The topological polar surface area (TPSA) is 81.4 Å². The third-order valence-electron chi connectivity index (χ3n) is 5.72. The van der Waals surface area contributed by atoms with Crippen LogP contribution in [0.15, 0.2) is 39.5 Å². The standard InChI is InChI=1S/C23H23NO6/c1-13-9-16-20(26)23(27-2)21(14-3-4-18-19(11-14)29-12-28-18)30-22(16)17(10-13)24-7-5-15(25)6-8-24/h3-4,9-11,15,25H,5-8,12H2,1-2H3. The number of ether oxygens (including phenoxy) is 3. The van der Waals surface area contributed by atoms with Crippen molar-refractivity contribution in [3.8, 4) is 28.6 Å². The summed E-state index contributed by atoms with van der Waals surface area (Å²) in [6.07, 6.45) is 1.09. The van der Waals surface area contributed by atoms with Crippen molar-refractivity contribution in [2.24, 2.45) is 0 Å². The summed E-state index contributed by atoms with van der Waals surface area (Å²) in [5.41, 5.74) is 2.81. The zero-order valence-electron chi connectivity index (χ0n) is 16.9. The van der Waals surface area contributed by atoms with Gasteiger partial charge in [0.15, 0.2) is 22.8 Å². The van der Waals surface area contributed by atoms with Crippen molar-refractivity contribution in [3.63, 3.8) is 0 Å². The summed E-state index contributed by atoms with van der Waals surface area (Å²) in [5, 5.41) is 10.4. The molecule has 0 atom stereocenters. The number of methoxy groups -OCH3 is 1. The van der Waals surface area contributed by atoms with Gasteiger partial charge in [0.2, 0.25) is 18.0 Å². The van der Waals surface area contributed by atoms with Crippen LogP contribution < -0.4 is 24.5 Å². The molecule has 1 fully saturated rings. The first-order valence-corrected chi connectivity index (χ1v) is 10.0. The maximum atomic E-state index is 13.3. The highest BCUT2D eigenvalue weighted by Gasteiger charge is 2.25. The predicted molar refractivity (Wildman–Crippen MR) is 113 cm³/mol. The zero-order valence-corrected chi connectivity index (χ0v) is 16.9. The minimum absolute atomic E-state index is 0.159. The van der Waals surface area contributed by atoms with Crippen LogP contribution in [-0.4, -0.2) is 38.2 Å². The van der Waals surface area contributed by atoms with Gasteiger partial charge in [0, 0.05) is 18.7 Å². The normalized spacial score (nSPS) is 16.3. The smallest absolute Gasteiger partial charge is 0.235 e. The number of aryl methyl sites for hydroxylation is 1. The highest BCUT2D eigenvalue weighted by molar-refractivity contribution is 5.92. The molecule has 2 aliphatic heterocycles. The largest absolute Gasteiger partial charge is 0.490 e. The summed E-state index contributed by atoms with van der Waals surface area (Å²) < 4.78 is 22.7. The van der Waals surface area contributed by atoms with Crippen molar-refractivity contribution in [1.82, 2.24) is 0 Å². The van der Waals surface area contributed by atoms with Crippen LogP contribution in [-0.2, 0) is 0 Å². The number of benzene rings is 2. The minimum Gasteiger partial charge on any atom is -0.490 e. The van der Waals surface area contributed by atoms with E-state index in [1.165, 1.54) is 7.11 Å². The molecule has 30 heavy (non-hydrogen) atoms. The Labute approximate surface area is 173 Å². The van der Waals surface area contributed by atoms with Crippen LogP contribution in [0.25, 0.3) is 22.3 Å². The Bertz CT molecular complexity index is 1180. The first kappa shape index (κ1) is 18.8. The summed E-state index contributed by atoms with van der Waals surface area (Å²) in [4.78, 5) is 15.5. The molecule has 3 heterocycles. The number of fused-ring (bicyclic) bond motifs is 2. The summed E-state index contributed by atoms with van der Waals surface area (Å²) in [7, 11) is 1.47. The van der Waals surface area contributed by atoms with Crippen molar-refractivity contribution < 1.29 is 23.7 Å². The Balaban J connectivity index is 1.73. The van der Waals surface area contributed by atoms with E-state index < -0.39 is 0 Å². The van der Waals surface area contributed by atoms with Crippen LogP contribution in [0.2, 0.25) is 0 Å². The van der Waals surface area contributed by atoms with Gasteiger partial charge in [-0.3, -0.25) is 4.79 Å². The lowest BCUT2D eigenvalue weighted by molar-refractivity contribution is 0.145. The Morgan fingerprint density at radius 1 is 1.10 bits per heavy atom. The van der Waals surface area contributed by atoms with E-state index in [1.54, 1.807) is 12.1 Å². The first-order chi connectivity index (χ1) is 14.5. The van der Waals surface area contributed by atoms with Gasteiger partial charge in [0.25, 0.3) is 0 Å². The molecule has 7 heteroatoms. The molecule has 1 aromatic heterocycles. The number of hydrogen-bond donors (Lipinski definition) is 1. The Morgan fingerprint density at radius 2 is 1.87 bits per heavy atom. The Kier molecular flexibility index (Phi) is 4.55. The molecule has 2 aromatic carbocycles. The summed E-state index contributed by atoms with van der Waals surface area (Å²) in [6, 6.07) is 9.27. The highest BCUT2D eigenvalue weighted by Crippen LogP contribution is 2.40. The van der Waals surface area contributed by atoms with E-state index in [0.717, 1.165) is 11.3 Å². The molecule has 0 radical (unpaired) electrons. The van der Waals surface area contributed by atoms with E-state index in [1.807, 2.05) is 25.1 Å². The van der Waals surface area contributed by atoms with E-state index in [2.05, 4.69) is 4.90 Å². The molecule has 1 saturated heterocycles. The van der Waals surface area contributed by atoms with Gasteiger partial charge in [-0.1, -0.05) is 0 Å². The fourth-order valence-electron chi connectivity index (χ4n) is 4.16. The molecule has 2 aliphatic rings.